The minimum Gasteiger partial charge on any atom is -0.300 e. The highest BCUT2D eigenvalue weighted by Crippen LogP contribution is 2.02. The van der Waals surface area contributed by atoms with Gasteiger partial charge in [-0.2, -0.15) is 0 Å². The first-order chi connectivity index (χ1) is 4.16. The molecule has 0 heterocycles. The van der Waals surface area contributed by atoms with Crippen molar-refractivity contribution < 1.29 is 4.79 Å². The molecule has 0 saturated heterocycles. The van der Waals surface area contributed by atoms with E-state index in [1.807, 2.05) is 0 Å². The molecule has 9 heavy (non-hydrogen) atoms. The molecule has 0 aromatic carbocycles. The van der Waals surface area contributed by atoms with Gasteiger partial charge in [0.1, 0.15) is 5.78 Å². The van der Waals surface area contributed by atoms with Gasteiger partial charge in [-0.25, -0.2) is 0 Å². The third kappa shape index (κ3) is 6.13. The minimum absolute atomic E-state index is 0.0549. The zero-order valence-electron chi connectivity index (χ0n) is 5.36. The van der Waals surface area contributed by atoms with E-state index in [0.717, 1.165) is 0 Å². The van der Waals surface area contributed by atoms with Crippen molar-refractivity contribution in [3.8, 4) is 0 Å². The maximum atomic E-state index is 10.7. The van der Waals surface area contributed by atoms with Gasteiger partial charge in [0.25, 0.3) is 0 Å². The van der Waals surface area contributed by atoms with Crippen LogP contribution in [0.25, 0.3) is 0 Å². The van der Waals surface area contributed by atoms with Gasteiger partial charge in [0.05, 0.1) is 0 Å². The van der Waals surface area contributed by atoms with Crippen LogP contribution in [0.4, 0.5) is 0 Å². The summed E-state index contributed by atoms with van der Waals surface area (Å²) in [5.74, 6) is 0.551. The lowest BCUT2D eigenvalue weighted by Crippen LogP contribution is -2.04. The van der Waals surface area contributed by atoms with E-state index in [4.69, 9.17) is 23.2 Å². The van der Waals surface area contributed by atoms with Crippen LogP contribution in [-0.2, 0) is 4.79 Å². The van der Waals surface area contributed by atoms with Crippen LogP contribution >= 0.6 is 23.2 Å². The Bertz CT molecular complexity index is 91.1. The summed E-state index contributed by atoms with van der Waals surface area (Å²) in [6.07, 6.45) is 0.882. The number of Topliss-reactive ketones (excluding diaryl/α,β-unsaturated/α-hetero) is 1. The van der Waals surface area contributed by atoms with Crippen LogP contribution in [0.15, 0.2) is 0 Å². The van der Waals surface area contributed by atoms with Crippen LogP contribution in [0.1, 0.15) is 19.8 Å². The van der Waals surface area contributed by atoms with Crippen molar-refractivity contribution in [2.45, 2.75) is 25.1 Å². The summed E-state index contributed by atoms with van der Waals surface area (Å²) >= 11 is 10.9. The third-order valence-electron chi connectivity index (χ3n) is 0.882. The fourth-order valence-electron chi connectivity index (χ4n) is 0.521. The van der Waals surface area contributed by atoms with E-state index in [0.29, 0.717) is 18.7 Å². The average Bonchev–Trinajstić information content (AvgIpc) is 1.63. The van der Waals surface area contributed by atoms with Gasteiger partial charge >= 0.3 is 0 Å². The first-order valence-corrected chi connectivity index (χ1v) is 3.85. The predicted octanol–water partition coefficient (Wildman–Crippen LogP) is 2.20. The van der Waals surface area contributed by atoms with Gasteiger partial charge < -0.3 is 0 Å². The van der Waals surface area contributed by atoms with Crippen molar-refractivity contribution in [2.75, 3.05) is 5.88 Å². The Hall–Kier alpha value is 0.250. The lowest BCUT2D eigenvalue weighted by Gasteiger charge is -1.97. The summed E-state index contributed by atoms with van der Waals surface area (Å²) in [6.45, 7) is 1.80. The highest BCUT2D eigenvalue weighted by Gasteiger charge is 2.04. The quantitative estimate of drug-likeness (QED) is 0.589. The molecule has 0 aliphatic heterocycles. The summed E-state index contributed by atoms with van der Waals surface area (Å²) < 4.78 is 0. The zero-order chi connectivity index (χ0) is 7.28. The number of rotatable bonds is 4. The number of alkyl halides is 2. The Morgan fingerprint density at radius 3 is 2.56 bits per heavy atom. The van der Waals surface area contributed by atoms with Crippen molar-refractivity contribution in [2.24, 2.45) is 0 Å². The molecule has 0 aliphatic carbocycles. The van der Waals surface area contributed by atoms with Gasteiger partial charge in [0.2, 0.25) is 0 Å². The summed E-state index contributed by atoms with van der Waals surface area (Å²) in [6, 6.07) is 0. The van der Waals surface area contributed by atoms with Gasteiger partial charge in [0, 0.05) is 24.1 Å². The van der Waals surface area contributed by atoms with E-state index in [-0.39, 0.29) is 11.2 Å². The molecule has 0 N–H and O–H groups in total. The first-order valence-electron chi connectivity index (χ1n) is 2.88. The number of carbonyl (C=O) groups excluding carboxylic acids is 1. The van der Waals surface area contributed by atoms with Crippen LogP contribution in [0.5, 0.6) is 0 Å². The van der Waals surface area contributed by atoms with E-state index in [9.17, 15) is 4.79 Å². The van der Waals surface area contributed by atoms with E-state index < -0.39 is 0 Å². The maximum absolute atomic E-state index is 10.7. The molecule has 0 aromatic heterocycles. The van der Waals surface area contributed by atoms with E-state index in [1.54, 1.807) is 6.92 Å². The van der Waals surface area contributed by atoms with Crippen LogP contribution in [-0.4, -0.2) is 17.0 Å². The molecule has 0 amide bonds. The van der Waals surface area contributed by atoms with Gasteiger partial charge in [-0.05, 0) is 6.92 Å². The monoisotopic (exact) mass is 168 g/mol. The van der Waals surface area contributed by atoms with Crippen molar-refractivity contribution in [3.63, 3.8) is 0 Å². The van der Waals surface area contributed by atoms with Gasteiger partial charge in [0.15, 0.2) is 0 Å². The fraction of sp³-hybridized carbons (Fsp3) is 0.833. The molecule has 0 radical (unpaired) electrons. The molecule has 0 rings (SSSR count). The van der Waals surface area contributed by atoms with Crippen molar-refractivity contribution in [3.05, 3.63) is 0 Å². The van der Waals surface area contributed by atoms with E-state index in [1.165, 1.54) is 0 Å². The van der Waals surface area contributed by atoms with E-state index in [2.05, 4.69) is 0 Å². The fourth-order valence-corrected chi connectivity index (χ4v) is 0.904. The normalized spacial score (nSPS) is 13.2. The number of hydrogen-bond donors (Lipinski definition) is 0. The van der Waals surface area contributed by atoms with Gasteiger partial charge in [-0.15, -0.1) is 23.2 Å². The Morgan fingerprint density at radius 2 is 2.22 bits per heavy atom. The summed E-state index contributed by atoms with van der Waals surface area (Å²) in [5, 5.41) is -0.0549. The second-order valence-electron chi connectivity index (χ2n) is 1.96. The topological polar surface area (TPSA) is 17.1 Å². The summed E-state index contributed by atoms with van der Waals surface area (Å²) in [4.78, 5) is 10.7. The SMILES string of the molecule is CC(Cl)CC(=O)CCCl. The van der Waals surface area contributed by atoms with Crippen molar-refractivity contribution >= 4 is 29.0 Å². The number of ketones is 1. The second kappa shape index (κ2) is 5.07. The summed E-state index contributed by atoms with van der Waals surface area (Å²) in [7, 11) is 0. The molecular formula is C6H10Cl2O. The molecular weight excluding hydrogens is 159 g/mol. The van der Waals surface area contributed by atoms with Crippen LogP contribution < -0.4 is 0 Å². The average molecular weight is 169 g/mol. The lowest BCUT2D eigenvalue weighted by molar-refractivity contribution is -0.118. The third-order valence-corrected chi connectivity index (χ3v) is 1.23. The van der Waals surface area contributed by atoms with Crippen LogP contribution in [0.2, 0.25) is 0 Å². The maximum Gasteiger partial charge on any atom is 0.135 e. The molecule has 1 atom stereocenters. The van der Waals surface area contributed by atoms with Crippen molar-refractivity contribution in [1.82, 2.24) is 0 Å². The summed E-state index contributed by atoms with van der Waals surface area (Å²) in [5.41, 5.74) is 0. The molecule has 0 aliphatic rings. The standard InChI is InChI=1S/C6H10Cl2O/c1-5(8)4-6(9)2-3-7/h5H,2-4H2,1H3. The molecule has 1 unspecified atom stereocenters. The molecule has 0 saturated carbocycles. The van der Waals surface area contributed by atoms with E-state index >= 15 is 0 Å². The number of carbonyl (C=O) groups is 1. The zero-order valence-corrected chi connectivity index (χ0v) is 6.87. The second-order valence-corrected chi connectivity index (χ2v) is 3.09. The lowest BCUT2D eigenvalue weighted by atomic mass is 10.2. The number of halogens is 2. The Labute approximate surface area is 65.3 Å². The minimum atomic E-state index is -0.0549. The van der Waals surface area contributed by atoms with Crippen molar-refractivity contribution in [1.29, 1.82) is 0 Å². The highest BCUT2D eigenvalue weighted by molar-refractivity contribution is 6.22. The molecule has 54 valence electrons. The Morgan fingerprint density at radius 1 is 1.67 bits per heavy atom. The van der Waals surface area contributed by atoms with Gasteiger partial charge in [-0.1, -0.05) is 0 Å². The van der Waals surface area contributed by atoms with Crippen LogP contribution in [0, 0.1) is 0 Å². The predicted molar refractivity (Wildman–Crippen MR) is 40.3 cm³/mol. The Kier molecular flexibility index (Phi) is 5.21. The molecule has 0 fully saturated rings. The highest BCUT2D eigenvalue weighted by atomic mass is 35.5. The van der Waals surface area contributed by atoms with Crippen LogP contribution in [0.3, 0.4) is 0 Å². The molecule has 0 bridgehead atoms. The Balaban J connectivity index is 3.27. The number of hydrogen-bond acceptors (Lipinski definition) is 1. The van der Waals surface area contributed by atoms with Gasteiger partial charge in [-0.3, -0.25) is 4.79 Å². The smallest absolute Gasteiger partial charge is 0.135 e. The molecule has 3 heteroatoms. The first kappa shape index (κ1) is 9.25. The molecule has 0 aromatic rings. The molecule has 0 spiro atoms. The molecule has 1 nitrogen and oxygen atoms in total. The largest absolute Gasteiger partial charge is 0.300 e.